The second-order valence-electron chi connectivity index (χ2n) is 3.34. The molecular weight excluding hydrogens is 208 g/mol. The van der Waals surface area contributed by atoms with Crippen LogP contribution in [0.5, 0.6) is 0 Å². The van der Waals surface area contributed by atoms with E-state index in [4.69, 9.17) is 4.74 Å². The summed E-state index contributed by atoms with van der Waals surface area (Å²) in [5, 5.41) is 0. The smallest absolute Gasteiger partial charge is 0.333 e. The average molecular weight is 222 g/mol. The number of ether oxygens (including phenoxy) is 1. The van der Waals surface area contributed by atoms with E-state index in [0.717, 1.165) is 0 Å². The van der Waals surface area contributed by atoms with Crippen LogP contribution in [0.15, 0.2) is 16.4 Å². The Morgan fingerprint density at radius 1 is 1.62 bits per heavy atom. The van der Waals surface area contributed by atoms with Crippen LogP contribution in [-0.2, 0) is 9.53 Å². The zero-order valence-corrected chi connectivity index (χ0v) is 9.53. The Labute approximate surface area is 93.2 Å². The van der Waals surface area contributed by atoms with Gasteiger partial charge in [-0.05, 0) is 26.8 Å². The van der Waals surface area contributed by atoms with E-state index in [1.165, 1.54) is 12.1 Å². The fourth-order valence-corrected chi connectivity index (χ4v) is 1.18. The Morgan fingerprint density at radius 2 is 2.31 bits per heavy atom. The maximum absolute atomic E-state index is 11.3. The van der Waals surface area contributed by atoms with Gasteiger partial charge in [0.05, 0.1) is 6.61 Å². The van der Waals surface area contributed by atoms with Crippen molar-refractivity contribution in [3.05, 3.63) is 33.5 Å². The molecule has 0 spiro atoms. The number of hydrogen-bond donors (Lipinski definition) is 1. The van der Waals surface area contributed by atoms with E-state index in [9.17, 15) is 9.59 Å². The van der Waals surface area contributed by atoms with Gasteiger partial charge in [0, 0.05) is 17.3 Å². The first kappa shape index (κ1) is 12.2. The molecule has 0 fully saturated rings. The zero-order chi connectivity index (χ0) is 12.1. The number of hydrogen-bond acceptors (Lipinski definition) is 4. The van der Waals surface area contributed by atoms with Crippen LogP contribution in [0.3, 0.4) is 0 Å². The predicted octanol–water partition coefficient (Wildman–Crippen LogP) is 1.04. The first-order valence-electron chi connectivity index (χ1n) is 4.96. The summed E-state index contributed by atoms with van der Waals surface area (Å²) in [6.07, 6.45) is 1.49. The molecule has 1 aromatic rings. The number of aromatic nitrogens is 2. The van der Waals surface area contributed by atoms with Crippen molar-refractivity contribution in [2.45, 2.75) is 20.8 Å². The van der Waals surface area contributed by atoms with Crippen molar-refractivity contribution in [2.24, 2.45) is 0 Å². The molecule has 16 heavy (non-hydrogen) atoms. The number of nitrogens with one attached hydrogen (secondary N) is 1. The fourth-order valence-electron chi connectivity index (χ4n) is 1.18. The third kappa shape index (κ3) is 3.34. The van der Waals surface area contributed by atoms with Gasteiger partial charge in [0.2, 0.25) is 0 Å². The van der Waals surface area contributed by atoms with Gasteiger partial charge in [-0.3, -0.25) is 4.79 Å². The summed E-state index contributed by atoms with van der Waals surface area (Å²) in [7, 11) is 0. The van der Waals surface area contributed by atoms with Crippen molar-refractivity contribution in [2.75, 3.05) is 6.61 Å². The SMILES string of the molecule is CCOC(=O)C(C)=Cc1nc(=O)cc(C)[nH]1. The Hall–Kier alpha value is -1.91. The lowest BCUT2D eigenvalue weighted by Crippen LogP contribution is -2.10. The van der Waals surface area contributed by atoms with Crippen molar-refractivity contribution in [3.8, 4) is 0 Å². The van der Waals surface area contributed by atoms with E-state index in [2.05, 4.69) is 9.97 Å². The summed E-state index contributed by atoms with van der Waals surface area (Å²) < 4.78 is 4.81. The number of esters is 1. The zero-order valence-electron chi connectivity index (χ0n) is 9.53. The third-order valence-electron chi connectivity index (χ3n) is 1.85. The van der Waals surface area contributed by atoms with E-state index in [-0.39, 0.29) is 5.56 Å². The molecule has 0 atom stereocenters. The van der Waals surface area contributed by atoms with Crippen LogP contribution in [-0.4, -0.2) is 22.5 Å². The molecule has 0 aliphatic carbocycles. The predicted molar refractivity (Wildman–Crippen MR) is 59.9 cm³/mol. The number of nitrogens with zero attached hydrogens (tertiary/aromatic N) is 1. The number of aromatic amines is 1. The average Bonchev–Trinajstić information content (AvgIpc) is 2.16. The molecule has 0 unspecified atom stereocenters. The molecule has 86 valence electrons. The Balaban J connectivity index is 2.98. The lowest BCUT2D eigenvalue weighted by atomic mass is 10.3. The van der Waals surface area contributed by atoms with Crippen LogP contribution in [0.4, 0.5) is 0 Å². The summed E-state index contributed by atoms with van der Waals surface area (Å²) in [5.41, 5.74) is 0.762. The summed E-state index contributed by atoms with van der Waals surface area (Å²) in [6, 6.07) is 1.39. The normalized spacial score (nSPS) is 11.3. The van der Waals surface area contributed by atoms with E-state index in [0.29, 0.717) is 23.7 Å². The van der Waals surface area contributed by atoms with Gasteiger partial charge in [0.25, 0.3) is 5.56 Å². The molecule has 0 saturated carbocycles. The largest absolute Gasteiger partial charge is 0.463 e. The highest BCUT2D eigenvalue weighted by Crippen LogP contribution is 2.02. The molecule has 0 aliphatic heterocycles. The summed E-state index contributed by atoms with van der Waals surface area (Å²) >= 11 is 0. The summed E-state index contributed by atoms with van der Waals surface area (Å²) in [6.45, 7) is 5.42. The van der Waals surface area contributed by atoms with E-state index in [1.54, 1.807) is 20.8 Å². The quantitative estimate of drug-likeness (QED) is 0.612. The van der Waals surface area contributed by atoms with Gasteiger partial charge in [-0.15, -0.1) is 0 Å². The lowest BCUT2D eigenvalue weighted by molar-refractivity contribution is -0.138. The van der Waals surface area contributed by atoms with Crippen molar-refractivity contribution in [1.29, 1.82) is 0 Å². The van der Waals surface area contributed by atoms with Crippen molar-refractivity contribution in [1.82, 2.24) is 9.97 Å². The molecule has 5 heteroatoms. The van der Waals surface area contributed by atoms with Crippen molar-refractivity contribution < 1.29 is 9.53 Å². The number of carbonyl (C=O) groups excluding carboxylic acids is 1. The first-order chi connectivity index (χ1) is 7.52. The second kappa shape index (κ2) is 5.25. The van der Waals surface area contributed by atoms with Crippen LogP contribution < -0.4 is 5.56 Å². The van der Waals surface area contributed by atoms with E-state index >= 15 is 0 Å². The molecule has 0 amide bonds. The molecule has 1 rings (SSSR count). The molecule has 0 aliphatic rings. The van der Waals surface area contributed by atoms with Crippen molar-refractivity contribution >= 4 is 12.0 Å². The summed E-state index contributed by atoms with van der Waals surface area (Å²) in [5.74, 6) is -0.0535. The standard InChI is InChI=1S/C11H14N2O3/c1-4-16-11(15)7(2)5-9-12-8(3)6-10(14)13-9/h5-6H,4H2,1-3H3,(H,12,13,14). The minimum Gasteiger partial charge on any atom is -0.463 e. The maximum atomic E-state index is 11.3. The van der Waals surface area contributed by atoms with Gasteiger partial charge in [-0.1, -0.05) is 0 Å². The van der Waals surface area contributed by atoms with Crippen LogP contribution in [0.1, 0.15) is 25.4 Å². The molecular formula is C11H14N2O3. The third-order valence-corrected chi connectivity index (χ3v) is 1.85. The number of carbonyl (C=O) groups is 1. The molecule has 1 N–H and O–H groups in total. The summed E-state index contributed by atoms with van der Waals surface area (Å²) in [4.78, 5) is 29.0. The number of aryl methyl sites for hydroxylation is 1. The Morgan fingerprint density at radius 3 is 2.88 bits per heavy atom. The molecule has 0 bridgehead atoms. The van der Waals surface area contributed by atoms with Gasteiger partial charge < -0.3 is 9.72 Å². The van der Waals surface area contributed by atoms with Crippen LogP contribution >= 0.6 is 0 Å². The monoisotopic (exact) mass is 222 g/mol. The highest BCUT2D eigenvalue weighted by Gasteiger charge is 2.05. The second-order valence-corrected chi connectivity index (χ2v) is 3.34. The molecule has 0 aromatic carbocycles. The van der Waals surface area contributed by atoms with Crippen LogP contribution in [0, 0.1) is 6.92 Å². The number of H-pyrrole nitrogens is 1. The van der Waals surface area contributed by atoms with E-state index in [1.807, 2.05) is 0 Å². The minimum absolute atomic E-state index is 0.321. The molecule has 0 saturated heterocycles. The van der Waals surface area contributed by atoms with E-state index < -0.39 is 5.97 Å². The van der Waals surface area contributed by atoms with Crippen LogP contribution in [0.2, 0.25) is 0 Å². The molecule has 1 heterocycles. The maximum Gasteiger partial charge on any atom is 0.333 e. The van der Waals surface area contributed by atoms with Gasteiger partial charge in [0.15, 0.2) is 0 Å². The Kier molecular flexibility index (Phi) is 3.99. The Bertz CT molecular complexity index is 474. The number of rotatable bonds is 3. The van der Waals surface area contributed by atoms with Gasteiger partial charge in [-0.2, -0.15) is 4.98 Å². The minimum atomic E-state index is -0.411. The van der Waals surface area contributed by atoms with Crippen molar-refractivity contribution in [3.63, 3.8) is 0 Å². The molecule has 1 aromatic heterocycles. The molecule has 5 nitrogen and oxygen atoms in total. The molecule has 0 radical (unpaired) electrons. The van der Waals surface area contributed by atoms with Gasteiger partial charge in [-0.25, -0.2) is 4.79 Å². The van der Waals surface area contributed by atoms with Gasteiger partial charge >= 0.3 is 5.97 Å². The fraction of sp³-hybridized carbons (Fsp3) is 0.364. The lowest BCUT2D eigenvalue weighted by Gasteiger charge is -2.01. The van der Waals surface area contributed by atoms with Gasteiger partial charge in [0.1, 0.15) is 5.82 Å². The topological polar surface area (TPSA) is 72.0 Å². The first-order valence-corrected chi connectivity index (χ1v) is 4.96. The van der Waals surface area contributed by atoms with Crippen LogP contribution in [0.25, 0.3) is 6.08 Å². The highest BCUT2D eigenvalue weighted by atomic mass is 16.5. The highest BCUT2D eigenvalue weighted by molar-refractivity contribution is 5.92.